The largest absolute Gasteiger partial charge is 0.495 e. The molecule has 0 atom stereocenters. The normalized spacial score (nSPS) is 10.1. The van der Waals surface area contributed by atoms with Gasteiger partial charge in [0.1, 0.15) is 11.6 Å². The number of hydrogen-bond acceptors (Lipinski definition) is 2. The van der Waals surface area contributed by atoms with E-state index in [1.165, 1.54) is 6.07 Å². The van der Waals surface area contributed by atoms with Crippen LogP contribution >= 0.6 is 23.8 Å². The van der Waals surface area contributed by atoms with Crippen LogP contribution in [0.5, 0.6) is 5.75 Å². The van der Waals surface area contributed by atoms with Crippen molar-refractivity contribution in [3.05, 3.63) is 52.8 Å². The molecule has 0 saturated heterocycles. The number of methoxy groups -OCH3 is 1. The van der Waals surface area contributed by atoms with Crippen molar-refractivity contribution in [3.8, 4) is 5.75 Å². The van der Waals surface area contributed by atoms with Crippen molar-refractivity contribution < 1.29 is 9.13 Å². The van der Waals surface area contributed by atoms with Gasteiger partial charge in [-0.2, -0.15) is 0 Å². The molecule has 0 fully saturated rings. The molecule has 0 spiro atoms. The Bertz CT molecular complexity index is 679. The van der Waals surface area contributed by atoms with Crippen LogP contribution in [-0.4, -0.2) is 12.2 Å². The molecule has 0 heterocycles. The van der Waals surface area contributed by atoms with Gasteiger partial charge in [-0.25, -0.2) is 4.39 Å². The van der Waals surface area contributed by atoms with Crippen LogP contribution in [0.25, 0.3) is 0 Å². The molecule has 2 N–H and O–H groups in total. The Kier molecular flexibility index (Phi) is 4.98. The van der Waals surface area contributed by atoms with Gasteiger partial charge in [-0.1, -0.05) is 17.7 Å². The van der Waals surface area contributed by atoms with E-state index in [9.17, 15) is 4.39 Å². The number of benzene rings is 2. The minimum absolute atomic E-state index is 0.277. The average molecular weight is 325 g/mol. The number of anilines is 2. The van der Waals surface area contributed by atoms with Gasteiger partial charge in [0.05, 0.1) is 17.8 Å². The van der Waals surface area contributed by atoms with Gasteiger partial charge in [0.25, 0.3) is 0 Å². The van der Waals surface area contributed by atoms with E-state index in [1.807, 2.05) is 6.92 Å². The summed E-state index contributed by atoms with van der Waals surface area (Å²) in [5.41, 5.74) is 1.85. The van der Waals surface area contributed by atoms with E-state index in [4.69, 9.17) is 28.6 Å². The maximum atomic E-state index is 13.7. The van der Waals surface area contributed by atoms with Crippen LogP contribution in [0, 0.1) is 12.7 Å². The van der Waals surface area contributed by atoms with E-state index in [1.54, 1.807) is 37.4 Å². The van der Waals surface area contributed by atoms with Gasteiger partial charge in [-0.15, -0.1) is 0 Å². The summed E-state index contributed by atoms with van der Waals surface area (Å²) in [6.07, 6.45) is 0. The summed E-state index contributed by atoms with van der Waals surface area (Å²) in [5.74, 6) is 0.220. The first-order valence-corrected chi connectivity index (χ1v) is 6.96. The second kappa shape index (κ2) is 6.74. The molecule has 3 nitrogen and oxygen atoms in total. The molecule has 0 aromatic heterocycles. The third-order valence-electron chi connectivity index (χ3n) is 2.78. The van der Waals surface area contributed by atoms with Crippen LogP contribution in [0.4, 0.5) is 15.8 Å². The van der Waals surface area contributed by atoms with E-state index >= 15 is 0 Å². The van der Waals surface area contributed by atoms with E-state index < -0.39 is 0 Å². The maximum Gasteiger partial charge on any atom is 0.175 e. The first kappa shape index (κ1) is 15.5. The molecule has 0 aliphatic heterocycles. The number of nitrogens with one attached hydrogen (secondary N) is 2. The molecular weight excluding hydrogens is 311 g/mol. The van der Waals surface area contributed by atoms with Crippen LogP contribution in [0.1, 0.15) is 5.56 Å². The van der Waals surface area contributed by atoms with Gasteiger partial charge < -0.3 is 15.4 Å². The Morgan fingerprint density at radius 1 is 1.19 bits per heavy atom. The summed E-state index contributed by atoms with van der Waals surface area (Å²) in [6.45, 7) is 1.82. The quantitative estimate of drug-likeness (QED) is 0.808. The lowest BCUT2D eigenvalue weighted by atomic mass is 10.2. The molecule has 0 radical (unpaired) electrons. The van der Waals surface area contributed by atoms with Crippen molar-refractivity contribution in [1.29, 1.82) is 0 Å². The molecule has 0 unspecified atom stereocenters. The zero-order valence-corrected chi connectivity index (χ0v) is 13.1. The third kappa shape index (κ3) is 4.06. The lowest BCUT2D eigenvalue weighted by molar-refractivity contribution is 0.415. The van der Waals surface area contributed by atoms with Crippen molar-refractivity contribution in [2.45, 2.75) is 6.92 Å². The fourth-order valence-electron chi connectivity index (χ4n) is 1.75. The van der Waals surface area contributed by atoms with Crippen molar-refractivity contribution in [1.82, 2.24) is 0 Å². The summed E-state index contributed by atoms with van der Waals surface area (Å²) in [5, 5.41) is 6.48. The topological polar surface area (TPSA) is 33.3 Å². The van der Waals surface area contributed by atoms with E-state index in [0.717, 1.165) is 5.56 Å². The third-order valence-corrected chi connectivity index (χ3v) is 3.28. The van der Waals surface area contributed by atoms with Crippen LogP contribution in [0.2, 0.25) is 5.02 Å². The molecule has 6 heteroatoms. The van der Waals surface area contributed by atoms with Crippen LogP contribution in [0.3, 0.4) is 0 Å². The zero-order valence-electron chi connectivity index (χ0n) is 11.5. The fraction of sp³-hybridized carbons (Fsp3) is 0.133. The Morgan fingerprint density at radius 2 is 1.95 bits per heavy atom. The van der Waals surface area contributed by atoms with Gasteiger partial charge in [0, 0.05) is 5.69 Å². The molecule has 0 aliphatic rings. The minimum Gasteiger partial charge on any atom is -0.495 e. The Labute approximate surface area is 133 Å². The summed E-state index contributed by atoms with van der Waals surface area (Å²) in [4.78, 5) is 0. The minimum atomic E-state index is -0.355. The summed E-state index contributed by atoms with van der Waals surface area (Å²) in [6, 6.07) is 10.1. The monoisotopic (exact) mass is 324 g/mol. The van der Waals surface area contributed by atoms with Gasteiger partial charge in [0.2, 0.25) is 0 Å². The van der Waals surface area contributed by atoms with E-state index in [0.29, 0.717) is 22.1 Å². The summed E-state index contributed by atoms with van der Waals surface area (Å²) in [7, 11) is 1.54. The van der Waals surface area contributed by atoms with Crippen molar-refractivity contribution >= 4 is 40.3 Å². The zero-order chi connectivity index (χ0) is 15.4. The predicted octanol–water partition coefficient (Wildman–Crippen LogP) is 4.61. The molecule has 2 rings (SSSR count). The van der Waals surface area contributed by atoms with Crippen LogP contribution in [-0.2, 0) is 0 Å². The van der Waals surface area contributed by atoms with Gasteiger partial charge in [-0.3, -0.25) is 0 Å². The molecule has 0 saturated carbocycles. The van der Waals surface area contributed by atoms with E-state index in [-0.39, 0.29) is 10.9 Å². The number of rotatable bonds is 3. The molecular formula is C15H14ClFN2OS. The highest BCUT2D eigenvalue weighted by atomic mass is 35.5. The highest BCUT2D eigenvalue weighted by Crippen LogP contribution is 2.27. The average Bonchev–Trinajstić information content (AvgIpc) is 2.42. The van der Waals surface area contributed by atoms with Gasteiger partial charge >= 0.3 is 0 Å². The van der Waals surface area contributed by atoms with Gasteiger partial charge in [-0.05, 0) is 55.0 Å². The first-order chi connectivity index (χ1) is 9.99. The van der Waals surface area contributed by atoms with Crippen molar-refractivity contribution in [2.75, 3.05) is 17.7 Å². The fourth-order valence-corrected chi connectivity index (χ4v) is 2.24. The summed E-state index contributed by atoms with van der Waals surface area (Å²) >= 11 is 11.2. The molecule has 2 aromatic rings. The standard InChI is InChI=1S/C15H14ClFN2OS/c1-9-3-5-13(12(17)7-9)19-15(21)18-10-4-6-14(20-2)11(16)8-10/h3-8H,1-2H3,(H2,18,19,21). The van der Waals surface area contributed by atoms with Crippen LogP contribution in [0.15, 0.2) is 36.4 Å². The van der Waals surface area contributed by atoms with Crippen molar-refractivity contribution in [3.63, 3.8) is 0 Å². The molecule has 0 aliphatic carbocycles. The maximum absolute atomic E-state index is 13.7. The number of aryl methyl sites for hydroxylation is 1. The first-order valence-electron chi connectivity index (χ1n) is 6.17. The Hall–Kier alpha value is -1.85. The second-order valence-corrected chi connectivity index (χ2v) is 5.23. The number of thiocarbonyl (C=S) groups is 1. The number of ether oxygens (including phenoxy) is 1. The lowest BCUT2D eigenvalue weighted by Crippen LogP contribution is -2.19. The van der Waals surface area contributed by atoms with Crippen molar-refractivity contribution in [2.24, 2.45) is 0 Å². The Balaban J connectivity index is 2.06. The van der Waals surface area contributed by atoms with Gasteiger partial charge in [0.15, 0.2) is 5.11 Å². The molecule has 21 heavy (non-hydrogen) atoms. The SMILES string of the molecule is COc1ccc(NC(=S)Nc2ccc(C)cc2F)cc1Cl. The van der Waals surface area contributed by atoms with E-state index in [2.05, 4.69) is 10.6 Å². The molecule has 2 aromatic carbocycles. The number of halogens is 2. The molecule has 0 amide bonds. The molecule has 110 valence electrons. The summed E-state index contributed by atoms with van der Waals surface area (Å²) < 4.78 is 18.8. The highest BCUT2D eigenvalue weighted by molar-refractivity contribution is 7.80. The smallest absolute Gasteiger partial charge is 0.175 e. The predicted molar refractivity (Wildman–Crippen MR) is 89.0 cm³/mol. The lowest BCUT2D eigenvalue weighted by Gasteiger charge is -2.12. The number of hydrogen-bond donors (Lipinski definition) is 2. The molecule has 0 bridgehead atoms. The van der Waals surface area contributed by atoms with Crippen LogP contribution < -0.4 is 15.4 Å². The Morgan fingerprint density at radius 3 is 2.57 bits per heavy atom. The highest BCUT2D eigenvalue weighted by Gasteiger charge is 2.06. The second-order valence-electron chi connectivity index (χ2n) is 4.41.